The largest absolute Gasteiger partial charge is 0.480 e. The summed E-state index contributed by atoms with van der Waals surface area (Å²) in [6.45, 7) is 2.19. The van der Waals surface area contributed by atoms with Gasteiger partial charge in [0.05, 0.1) is 23.6 Å². The first-order valence-electron chi connectivity index (χ1n) is 6.30. The Balaban J connectivity index is 2.29. The lowest BCUT2D eigenvalue weighted by Crippen LogP contribution is -2.30. The Morgan fingerprint density at radius 3 is 2.65 bits per heavy atom. The third-order valence-corrected chi connectivity index (χ3v) is 2.90. The molecule has 0 aliphatic rings. The van der Waals surface area contributed by atoms with E-state index in [1.54, 1.807) is 11.0 Å². The highest BCUT2D eigenvalue weighted by Crippen LogP contribution is 2.23. The highest BCUT2D eigenvalue weighted by atomic mass is 16.4. The quantitative estimate of drug-likeness (QED) is 0.814. The molecular formula is C15H17N3O2. The SMILES string of the molecule is Cc1cccc(CN(CC(=O)O)c2ccccc2N)n1. The van der Waals surface area contributed by atoms with E-state index in [2.05, 4.69) is 4.98 Å². The molecule has 3 N–H and O–H groups in total. The second-order valence-corrected chi connectivity index (χ2v) is 4.58. The third kappa shape index (κ3) is 3.47. The van der Waals surface area contributed by atoms with Gasteiger partial charge in [0.1, 0.15) is 6.54 Å². The van der Waals surface area contributed by atoms with Crippen molar-refractivity contribution in [2.45, 2.75) is 13.5 Å². The van der Waals surface area contributed by atoms with Gasteiger partial charge in [0.2, 0.25) is 0 Å². The summed E-state index contributed by atoms with van der Waals surface area (Å²) >= 11 is 0. The summed E-state index contributed by atoms with van der Waals surface area (Å²) in [4.78, 5) is 17.2. The maximum Gasteiger partial charge on any atom is 0.323 e. The number of pyridine rings is 1. The Morgan fingerprint density at radius 2 is 2.00 bits per heavy atom. The van der Waals surface area contributed by atoms with Crippen LogP contribution in [0.25, 0.3) is 0 Å². The molecule has 0 fully saturated rings. The van der Waals surface area contributed by atoms with Gasteiger partial charge in [-0.2, -0.15) is 0 Å². The van der Waals surface area contributed by atoms with Crippen LogP contribution in [0.15, 0.2) is 42.5 Å². The van der Waals surface area contributed by atoms with Gasteiger partial charge < -0.3 is 15.7 Å². The molecule has 0 bridgehead atoms. The summed E-state index contributed by atoms with van der Waals surface area (Å²) in [6.07, 6.45) is 0. The highest BCUT2D eigenvalue weighted by molar-refractivity contribution is 5.77. The molecule has 0 saturated heterocycles. The van der Waals surface area contributed by atoms with Crippen molar-refractivity contribution in [3.8, 4) is 0 Å². The van der Waals surface area contributed by atoms with Gasteiger partial charge in [-0.3, -0.25) is 9.78 Å². The number of nitrogens with zero attached hydrogens (tertiary/aromatic N) is 2. The number of nitrogen functional groups attached to an aromatic ring is 1. The molecule has 1 aromatic heterocycles. The van der Waals surface area contributed by atoms with Crippen molar-refractivity contribution in [2.75, 3.05) is 17.2 Å². The second-order valence-electron chi connectivity index (χ2n) is 4.58. The van der Waals surface area contributed by atoms with Crippen LogP contribution in [0.2, 0.25) is 0 Å². The molecular weight excluding hydrogens is 254 g/mol. The van der Waals surface area contributed by atoms with Crippen LogP contribution in [0.4, 0.5) is 11.4 Å². The Bertz CT molecular complexity index is 614. The van der Waals surface area contributed by atoms with Crippen molar-refractivity contribution in [2.24, 2.45) is 0 Å². The first-order valence-corrected chi connectivity index (χ1v) is 6.30. The number of hydrogen-bond acceptors (Lipinski definition) is 4. The van der Waals surface area contributed by atoms with Crippen molar-refractivity contribution in [3.05, 3.63) is 53.9 Å². The molecule has 20 heavy (non-hydrogen) atoms. The Labute approximate surface area is 117 Å². The van der Waals surface area contributed by atoms with Gasteiger partial charge in [0, 0.05) is 5.69 Å². The topological polar surface area (TPSA) is 79.5 Å². The zero-order valence-corrected chi connectivity index (χ0v) is 11.3. The van der Waals surface area contributed by atoms with E-state index in [4.69, 9.17) is 10.8 Å². The van der Waals surface area contributed by atoms with Crippen LogP contribution in [0, 0.1) is 6.92 Å². The molecule has 1 aromatic carbocycles. The minimum Gasteiger partial charge on any atom is -0.480 e. The average molecular weight is 271 g/mol. The summed E-state index contributed by atoms with van der Waals surface area (Å²) < 4.78 is 0. The predicted molar refractivity (Wildman–Crippen MR) is 78.5 cm³/mol. The molecule has 2 rings (SSSR count). The summed E-state index contributed by atoms with van der Waals surface area (Å²) in [6, 6.07) is 12.9. The number of nitrogens with two attached hydrogens (primary N) is 1. The van der Waals surface area contributed by atoms with Crippen molar-refractivity contribution in [3.63, 3.8) is 0 Å². The van der Waals surface area contributed by atoms with E-state index in [0.717, 1.165) is 11.4 Å². The molecule has 5 nitrogen and oxygen atoms in total. The summed E-state index contributed by atoms with van der Waals surface area (Å²) in [5.41, 5.74) is 8.91. The number of hydrogen-bond donors (Lipinski definition) is 2. The van der Waals surface area contributed by atoms with E-state index in [-0.39, 0.29) is 6.54 Å². The Kier molecular flexibility index (Phi) is 4.20. The van der Waals surface area contributed by atoms with Crippen molar-refractivity contribution in [1.82, 2.24) is 4.98 Å². The minimum absolute atomic E-state index is 0.121. The normalized spacial score (nSPS) is 10.2. The van der Waals surface area contributed by atoms with Crippen molar-refractivity contribution < 1.29 is 9.90 Å². The van der Waals surface area contributed by atoms with E-state index in [1.165, 1.54) is 0 Å². The number of rotatable bonds is 5. The molecule has 0 amide bonds. The van der Waals surface area contributed by atoms with E-state index in [9.17, 15) is 4.79 Å². The molecule has 0 aliphatic heterocycles. The number of aliphatic carboxylic acids is 1. The van der Waals surface area contributed by atoms with Gasteiger partial charge in [-0.1, -0.05) is 18.2 Å². The number of benzene rings is 1. The number of para-hydroxylation sites is 2. The zero-order chi connectivity index (χ0) is 14.5. The van der Waals surface area contributed by atoms with Gasteiger partial charge in [0.15, 0.2) is 0 Å². The van der Waals surface area contributed by atoms with Crippen LogP contribution in [0.3, 0.4) is 0 Å². The first-order chi connectivity index (χ1) is 9.56. The van der Waals surface area contributed by atoms with E-state index < -0.39 is 5.97 Å². The molecule has 0 unspecified atom stereocenters. The van der Waals surface area contributed by atoms with Crippen LogP contribution in [0.1, 0.15) is 11.4 Å². The van der Waals surface area contributed by atoms with Crippen LogP contribution in [0.5, 0.6) is 0 Å². The van der Waals surface area contributed by atoms with Crippen LogP contribution >= 0.6 is 0 Å². The number of aryl methyl sites for hydroxylation is 1. The highest BCUT2D eigenvalue weighted by Gasteiger charge is 2.14. The van der Waals surface area contributed by atoms with Gasteiger partial charge in [-0.05, 0) is 31.2 Å². The van der Waals surface area contributed by atoms with Crippen molar-refractivity contribution in [1.29, 1.82) is 0 Å². The fourth-order valence-corrected chi connectivity index (χ4v) is 2.05. The van der Waals surface area contributed by atoms with Crippen LogP contribution in [-0.2, 0) is 11.3 Å². The molecule has 2 aromatic rings. The van der Waals surface area contributed by atoms with E-state index in [1.807, 2.05) is 43.3 Å². The summed E-state index contributed by atoms with van der Waals surface area (Å²) in [5, 5.41) is 9.07. The molecule has 1 heterocycles. The monoisotopic (exact) mass is 271 g/mol. The molecule has 0 radical (unpaired) electrons. The standard InChI is InChI=1S/C15H17N3O2/c1-11-5-4-6-12(17-11)9-18(10-15(19)20)14-8-3-2-7-13(14)16/h2-8H,9-10,16H2,1H3,(H,19,20). The lowest BCUT2D eigenvalue weighted by molar-refractivity contribution is -0.135. The summed E-state index contributed by atoms with van der Waals surface area (Å²) in [7, 11) is 0. The third-order valence-electron chi connectivity index (χ3n) is 2.90. The first kappa shape index (κ1) is 13.9. The molecule has 104 valence electrons. The minimum atomic E-state index is -0.902. The Hall–Kier alpha value is -2.56. The van der Waals surface area contributed by atoms with Crippen LogP contribution < -0.4 is 10.6 Å². The number of anilines is 2. The fourth-order valence-electron chi connectivity index (χ4n) is 2.05. The lowest BCUT2D eigenvalue weighted by Gasteiger charge is -2.24. The maximum absolute atomic E-state index is 11.0. The van der Waals surface area contributed by atoms with Gasteiger partial charge in [0.25, 0.3) is 0 Å². The van der Waals surface area contributed by atoms with Gasteiger partial charge in [-0.15, -0.1) is 0 Å². The van der Waals surface area contributed by atoms with Crippen LogP contribution in [-0.4, -0.2) is 22.6 Å². The predicted octanol–water partition coefficient (Wildman–Crippen LogP) is 2.06. The summed E-state index contributed by atoms with van der Waals surface area (Å²) in [5.74, 6) is -0.902. The maximum atomic E-state index is 11.0. The molecule has 0 spiro atoms. The van der Waals surface area contributed by atoms with E-state index in [0.29, 0.717) is 17.9 Å². The number of carbonyl (C=O) groups is 1. The van der Waals surface area contributed by atoms with Gasteiger partial charge >= 0.3 is 5.97 Å². The van der Waals surface area contributed by atoms with Crippen molar-refractivity contribution >= 4 is 17.3 Å². The number of carboxylic acid groups (broad SMARTS) is 1. The van der Waals surface area contributed by atoms with E-state index >= 15 is 0 Å². The average Bonchev–Trinajstić information content (AvgIpc) is 2.38. The molecule has 0 aliphatic carbocycles. The van der Waals surface area contributed by atoms with Gasteiger partial charge in [-0.25, -0.2) is 0 Å². The Morgan fingerprint density at radius 1 is 1.25 bits per heavy atom. The second kappa shape index (κ2) is 6.06. The molecule has 0 atom stereocenters. The molecule has 5 heteroatoms. The molecule has 0 saturated carbocycles. The number of carboxylic acids is 1. The smallest absolute Gasteiger partial charge is 0.323 e. The number of aromatic nitrogens is 1. The fraction of sp³-hybridized carbons (Fsp3) is 0.200. The zero-order valence-electron chi connectivity index (χ0n) is 11.3. The lowest BCUT2D eigenvalue weighted by atomic mass is 10.2.